The van der Waals surface area contributed by atoms with Crippen LogP contribution < -0.4 is 5.73 Å². The van der Waals surface area contributed by atoms with Gasteiger partial charge in [0.2, 0.25) is 0 Å². The van der Waals surface area contributed by atoms with Crippen molar-refractivity contribution in [1.82, 2.24) is 0 Å². The van der Waals surface area contributed by atoms with E-state index in [9.17, 15) is 4.79 Å². The molecule has 0 saturated heterocycles. The van der Waals surface area contributed by atoms with Gasteiger partial charge in [-0.2, -0.15) is 5.26 Å². The van der Waals surface area contributed by atoms with E-state index >= 15 is 0 Å². The maximum atomic E-state index is 9.23. The minimum atomic E-state index is -0.407. The van der Waals surface area contributed by atoms with Gasteiger partial charge in [-0.3, -0.25) is 0 Å². The van der Waals surface area contributed by atoms with Crippen LogP contribution in [0.25, 0.3) is 0 Å². The second kappa shape index (κ2) is 2.01. The first-order valence-electron chi connectivity index (χ1n) is 1.22. The van der Waals surface area contributed by atoms with Crippen LogP contribution >= 0.6 is 0 Å². The van der Waals surface area contributed by atoms with Crippen molar-refractivity contribution in [2.45, 2.75) is 0 Å². The predicted molar refractivity (Wildman–Crippen MR) is 19.0 cm³/mol. The summed E-state index contributed by atoms with van der Waals surface area (Å²) in [6, 6.07) is 1.39. The molecule has 6 heavy (non-hydrogen) atoms. The van der Waals surface area contributed by atoms with Gasteiger partial charge in [-0.25, -0.2) is 4.79 Å². The van der Waals surface area contributed by atoms with Gasteiger partial charge in [0, 0.05) is 0 Å². The summed E-state index contributed by atoms with van der Waals surface area (Å²) in [7, 11) is 0. The van der Waals surface area contributed by atoms with Gasteiger partial charge in [0.25, 0.3) is 0 Å². The second-order valence-electron chi connectivity index (χ2n) is 0.628. The highest BCUT2D eigenvalue weighted by Gasteiger charge is 1.74. The van der Waals surface area contributed by atoms with Gasteiger partial charge in [-0.15, -0.1) is 0 Å². The second-order valence-corrected chi connectivity index (χ2v) is 0.628. The molecule has 2 N–H and O–H groups in total. The molecule has 0 amide bonds. The Kier molecular flexibility index (Phi) is 1.59. The summed E-state index contributed by atoms with van der Waals surface area (Å²) in [5.74, 6) is 1.20. The van der Waals surface area contributed by atoms with E-state index in [1.54, 1.807) is 0 Å². The molecule has 0 rings (SSSR count). The number of nitriles is 1. The molecule has 0 aromatic heterocycles. The SMILES string of the molecule is N#CC(N)=C=O. The Bertz CT molecular complexity index is 126. The summed E-state index contributed by atoms with van der Waals surface area (Å²) in [4.78, 5) is 9.23. The van der Waals surface area contributed by atoms with Crippen molar-refractivity contribution >= 4 is 5.94 Å². The van der Waals surface area contributed by atoms with Gasteiger partial charge < -0.3 is 5.73 Å². The van der Waals surface area contributed by atoms with Gasteiger partial charge in [0.1, 0.15) is 6.07 Å². The summed E-state index contributed by atoms with van der Waals surface area (Å²) in [6.45, 7) is 0. The predicted octanol–water partition coefficient (Wildman–Crippen LogP) is -0.816. The fourth-order valence-electron chi connectivity index (χ4n) is 0.0228. The van der Waals surface area contributed by atoms with Crippen molar-refractivity contribution in [3.8, 4) is 6.07 Å². The van der Waals surface area contributed by atoms with E-state index in [0.29, 0.717) is 0 Å². The van der Waals surface area contributed by atoms with Crippen molar-refractivity contribution in [1.29, 1.82) is 5.26 Å². The lowest BCUT2D eigenvalue weighted by molar-refractivity contribution is 0.567. The van der Waals surface area contributed by atoms with Gasteiger partial charge in [-0.05, 0) is 0 Å². The van der Waals surface area contributed by atoms with Crippen LogP contribution in [0.5, 0.6) is 0 Å². The molecule has 0 bridgehead atoms. The normalized spacial score (nSPS) is 5.17. The van der Waals surface area contributed by atoms with E-state index in [1.807, 2.05) is 0 Å². The number of nitrogens with zero attached hydrogens (tertiary/aromatic N) is 1. The fraction of sp³-hybridized carbons (Fsp3) is 0. The van der Waals surface area contributed by atoms with Gasteiger partial charge in [0.05, 0.1) is 0 Å². The zero-order valence-electron chi connectivity index (χ0n) is 2.93. The average Bonchev–Trinajstić information content (AvgIpc) is 1.65. The third kappa shape index (κ3) is 1.10. The van der Waals surface area contributed by atoms with Crippen LogP contribution in [0.3, 0.4) is 0 Å². The highest BCUT2D eigenvalue weighted by Crippen LogP contribution is 1.59. The van der Waals surface area contributed by atoms with Crippen LogP contribution in [-0.2, 0) is 4.79 Å². The quantitative estimate of drug-likeness (QED) is 0.307. The number of allylic oxidation sites excluding steroid dienone is 1. The molecule has 0 aromatic carbocycles. The maximum absolute atomic E-state index is 9.23. The first-order valence-corrected chi connectivity index (χ1v) is 1.22. The largest absolute Gasteiger partial charge is 0.381 e. The van der Waals surface area contributed by atoms with Gasteiger partial charge >= 0.3 is 0 Å². The zero-order chi connectivity index (χ0) is 4.99. The first-order chi connectivity index (χ1) is 2.81. The van der Waals surface area contributed by atoms with Crippen LogP contribution in [-0.4, -0.2) is 5.94 Å². The average molecular weight is 82.1 g/mol. The van der Waals surface area contributed by atoms with Crippen molar-refractivity contribution in [2.24, 2.45) is 5.73 Å². The highest BCUT2D eigenvalue weighted by molar-refractivity contribution is 5.56. The zero-order valence-corrected chi connectivity index (χ0v) is 2.93. The molecule has 0 radical (unpaired) electrons. The van der Waals surface area contributed by atoms with Gasteiger partial charge in [0.15, 0.2) is 11.6 Å². The van der Waals surface area contributed by atoms with Crippen LogP contribution in [0.1, 0.15) is 0 Å². The maximum Gasteiger partial charge on any atom is 0.196 e. The smallest absolute Gasteiger partial charge is 0.196 e. The van der Waals surface area contributed by atoms with E-state index in [2.05, 4.69) is 5.73 Å². The van der Waals surface area contributed by atoms with Crippen LogP contribution in [0, 0.1) is 11.3 Å². The highest BCUT2D eigenvalue weighted by atomic mass is 16.1. The van der Waals surface area contributed by atoms with Crippen LogP contribution in [0.2, 0.25) is 0 Å². The minimum Gasteiger partial charge on any atom is -0.381 e. The summed E-state index contributed by atoms with van der Waals surface area (Å²) in [5, 5.41) is 7.66. The lowest BCUT2D eigenvalue weighted by Crippen LogP contribution is -1.91. The molecular weight excluding hydrogens is 80.0 g/mol. The Morgan fingerprint density at radius 1 is 1.83 bits per heavy atom. The lowest BCUT2D eigenvalue weighted by Gasteiger charge is -1.62. The molecule has 3 heteroatoms. The van der Waals surface area contributed by atoms with Gasteiger partial charge in [-0.1, -0.05) is 0 Å². The topological polar surface area (TPSA) is 66.9 Å². The molecule has 0 atom stereocenters. The van der Waals surface area contributed by atoms with E-state index in [-0.39, 0.29) is 0 Å². The summed E-state index contributed by atoms with van der Waals surface area (Å²) in [5.41, 5.74) is 4.20. The van der Waals surface area contributed by atoms with Crippen molar-refractivity contribution in [2.75, 3.05) is 0 Å². The van der Waals surface area contributed by atoms with Crippen LogP contribution in [0.4, 0.5) is 0 Å². The Labute approximate surface area is 34.7 Å². The van der Waals surface area contributed by atoms with Crippen LogP contribution in [0.15, 0.2) is 5.70 Å². The number of rotatable bonds is 0. The molecule has 0 spiro atoms. The number of hydrogen-bond acceptors (Lipinski definition) is 3. The Balaban J connectivity index is 3.99. The Hall–Kier alpha value is -1.26. The third-order valence-electron chi connectivity index (χ3n) is 0.230. The van der Waals surface area contributed by atoms with Crippen molar-refractivity contribution < 1.29 is 4.79 Å². The summed E-state index contributed by atoms with van der Waals surface area (Å²) >= 11 is 0. The third-order valence-corrected chi connectivity index (χ3v) is 0.230. The molecule has 0 aromatic rings. The summed E-state index contributed by atoms with van der Waals surface area (Å²) < 4.78 is 0. The molecule has 3 nitrogen and oxygen atoms in total. The van der Waals surface area contributed by atoms with E-state index < -0.39 is 5.70 Å². The van der Waals surface area contributed by atoms with Crippen molar-refractivity contribution in [3.63, 3.8) is 0 Å². The van der Waals surface area contributed by atoms with E-state index in [1.165, 1.54) is 12.0 Å². The molecule has 0 heterocycles. The number of hydrogen-bond donors (Lipinski definition) is 1. The number of carbonyl (C=O) groups excluding carboxylic acids is 1. The fourth-order valence-corrected chi connectivity index (χ4v) is 0.0228. The first kappa shape index (κ1) is 4.74. The molecule has 0 saturated carbocycles. The standard InChI is InChI=1S/C3H2N2O/c4-1-3(5)2-6/h5H2. The molecule has 0 aliphatic rings. The Morgan fingerprint density at radius 2 is 2.33 bits per heavy atom. The Morgan fingerprint density at radius 3 is 2.33 bits per heavy atom. The minimum absolute atomic E-state index is 0.407. The van der Waals surface area contributed by atoms with E-state index in [0.717, 1.165) is 0 Å². The molecule has 30 valence electrons. The molecule has 0 aliphatic heterocycles. The van der Waals surface area contributed by atoms with E-state index in [4.69, 9.17) is 5.26 Å². The monoisotopic (exact) mass is 82.0 g/mol. The van der Waals surface area contributed by atoms with Crippen molar-refractivity contribution in [3.05, 3.63) is 5.70 Å². The molecule has 0 fully saturated rings. The number of nitrogens with two attached hydrogens (primary N) is 1. The molecular formula is C3H2N2O. The molecule has 0 aliphatic carbocycles. The molecule has 0 unspecified atom stereocenters. The lowest BCUT2D eigenvalue weighted by atomic mass is 10.6. The summed E-state index contributed by atoms with van der Waals surface area (Å²) in [6.07, 6.45) is 0.